The number of aromatic nitrogens is 4. The molecular weight excluding hydrogens is 254 g/mol. The van der Waals surface area contributed by atoms with Crippen LogP contribution in [0.25, 0.3) is 0 Å². The first-order valence-corrected chi connectivity index (χ1v) is 5.98. The Labute approximate surface area is 107 Å². The number of nitrogen functional groups attached to an aromatic ring is 1. The average Bonchev–Trinajstić information content (AvgIpc) is 2.86. The third-order valence-corrected chi connectivity index (χ3v) is 3.22. The fourth-order valence-electron chi connectivity index (χ4n) is 1.48. The maximum atomic E-state index is 11.2. The van der Waals surface area contributed by atoms with Crippen molar-refractivity contribution in [1.82, 2.24) is 19.1 Å². The van der Waals surface area contributed by atoms with E-state index in [0.717, 1.165) is 17.4 Å². The standard InChI is InChI=1S/C9H13N7OS/c1-16-4-13-14-5(16)2-3-12-9-6(8(11)17)7(10)15-18-9/h4,12H,2-3H2,1H3,(H2,10,15)(H2,11,17). The lowest BCUT2D eigenvalue weighted by Gasteiger charge is -2.04. The summed E-state index contributed by atoms with van der Waals surface area (Å²) in [6.45, 7) is 0.592. The second kappa shape index (κ2) is 5.00. The van der Waals surface area contributed by atoms with Crippen LogP contribution < -0.4 is 16.8 Å². The van der Waals surface area contributed by atoms with Crippen LogP contribution in [0.15, 0.2) is 6.33 Å². The Morgan fingerprint density at radius 2 is 2.39 bits per heavy atom. The van der Waals surface area contributed by atoms with Gasteiger partial charge in [-0.15, -0.1) is 10.2 Å². The van der Waals surface area contributed by atoms with Crippen LogP contribution in [-0.2, 0) is 13.5 Å². The van der Waals surface area contributed by atoms with E-state index in [4.69, 9.17) is 11.5 Å². The summed E-state index contributed by atoms with van der Waals surface area (Å²) < 4.78 is 5.73. The predicted molar refractivity (Wildman–Crippen MR) is 68.2 cm³/mol. The van der Waals surface area contributed by atoms with Crippen molar-refractivity contribution >= 4 is 28.3 Å². The number of nitrogens with one attached hydrogen (secondary N) is 1. The van der Waals surface area contributed by atoms with Crippen LogP contribution >= 0.6 is 11.5 Å². The molecule has 2 aromatic heterocycles. The number of hydrogen-bond donors (Lipinski definition) is 3. The van der Waals surface area contributed by atoms with Gasteiger partial charge in [-0.3, -0.25) is 4.79 Å². The van der Waals surface area contributed by atoms with E-state index >= 15 is 0 Å². The molecule has 0 fully saturated rings. The first-order chi connectivity index (χ1) is 8.59. The molecule has 0 saturated heterocycles. The van der Waals surface area contributed by atoms with Gasteiger partial charge in [-0.05, 0) is 11.5 Å². The molecule has 0 bridgehead atoms. The second-order valence-electron chi connectivity index (χ2n) is 3.67. The van der Waals surface area contributed by atoms with Gasteiger partial charge >= 0.3 is 0 Å². The van der Waals surface area contributed by atoms with Crippen LogP contribution in [0, 0.1) is 0 Å². The van der Waals surface area contributed by atoms with Gasteiger partial charge in [-0.1, -0.05) is 0 Å². The summed E-state index contributed by atoms with van der Waals surface area (Å²) in [6.07, 6.45) is 2.31. The maximum Gasteiger partial charge on any atom is 0.255 e. The van der Waals surface area contributed by atoms with Gasteiger partial charge in [0.2, 0.25) is 0 Å². The van der Waals surface area contributed by atoms with Crippen molar-refractivity contribution in [2.75, 3.05) is 17.6 Å². The predicted octanol–water partition coefficient (Wildman–Crippen LogP) is -0.393. The van der Waals surface area contributed by atoms with Crippen molar-refractivity contribution in [3.8, 4) is 0 Å². The van der Waals surface area contributed by atoms with Gasteiger partial charge in [0.1, 0.15) is 22.7 Å². The van der Waals surface area contributed by atoms with Crippen molar-refractivity contribution < 1.29 is 4.79 Å². The minimum absolute atomic E-state index is 0.161. The monoisotopic (exact) mass is 267 g/mol. The van der Waals surface area contributed by atoms with Crippen LogP contribution in [0.1, 0.15) is 16.2 Å². The summed E-state index contributed by atoms with van der Waals surface area (Å²) in [5.41, 5.74) is 11.0. The van der Waals surface area contributed by atoms with Crippen LogP contribution in [0.5, 0.6) is 0 Å². The van der Waals surface area contributed by atoms with Crippen LogP contribution in [-0.4, -0.2) is 31.6 Å². The van der Waals surface area contributed by atoms with Gasteiger partial charge in [-0.25, -0.2) is 0 Å². The number of aryl methyl sites for hydroxylation is 1. The highest BCUT2D eigenvalue weighted by atomic mass is 32.1. The summed E-state index contributed by atoms with van der Waals surface area (Å²) in [4.78, 5) is 11.2. The summed E-state index contributed by atoms with van der Waals surface area (Å²) in [5, 5.41) is 11.4. The van der Waals surface area contributed by atoms with Crippen molar-refractivity contribution in [3.05, 3.63) is 17.7 Å². The molecule has 0 aliphatic rings. The van der Waals surface area contributed by atoms with Crippen LogP contribution in [0.2, 0.25) is 0 Å². The topological polar surface area (TPSA) is 125 Å². The summed E-state index contributed by atoms with van der Waals surface area (Å²) in [7, 11) is 1.87. The Morgan fingerprint density at radius 3 is 3.00 bits per heavy atom. The Hall–Kier alpha value is -2.16. The lowest BCUT2D eigenvalue weighted by molar-refractivity contribution is 0.100. The van der Waals surface area contributed by atoms with Gasteiger partial charge in [-0.2, -0.15) is 4.37 Å². The fourth-order valence-corrected chi connectivity index (χ4v) is 2.23. The number of hydrogen-bond acceptors (Lipinski definition) is 7. The van der Waals surface area contributed by atoms with E-state index in [-0.39, 0.29) is 11.4 Å². The molecule has 1 amide bonds. The zero-order valence-electron chi connectivity index (χ0n) is 9.75. The zero-order valence-corrected chi connectivity index (χ0v) is 10.6. The average molecular weight is 267 g/mol. The number of nitrogens with two attached hydrogens (primary N) is 2. The van der Waals surface area contributed by atoms with Gasteiger partial charge in [0.15, 0.2) is 5.82 Å². The van der Waals surface area contributed by atoms with Crippen LogP contribution in [0.3, 0.4) is 0 Å². The van der Waals surface area contributed by atoms with E-state index in [0.29, 0.717) is 18.0 Å². The molecule has 2 heterocycles. The highest BCUT2D eigenvalue weighted by Gasteiger charge is 2.16. The van der Waals surface area contributed by atoms with Gasteiger partial charge in [0.05, 0.1) is 0 Å². The molecule has 9 heteroatoms. The molecule has 96 valence electrons. The highest BCUT2D eigenvalue weighted by molar-refractivity contribution is 7.11. The van der Waals surface area contributed by atoms with Crippen molar-refractivity contribution in [2.45, 2.75) is 6.42 Å². The second-order valence-corrected chi connectivity index (χ2v) is 4.44. The van der Waals surface area contributed by atoms with E-state index in [1.165, 1.54) is 0 Å². The van der Waals surface area contributed by atoms with Gasteiger partial charge in [0.25, 0.3) is 5.91 Å². The van der Waals surface area contributed by atoms with Crippen molar-refractivity contribution in [2.24, 2.45) is 12.8 Å². The summed E-state index contributed by atoms with van der Waals surface area (Å²) >= 11 is 1.12. The number of carbonyl (C=O) groups is 1. The lowest BCUT2D eigenvalue weighted by Crippen LogP contribution is -2.16. The molecule has 2 aromatic rings. The number of primary amides is 1. The summed E-state index contributed by atoms with van der Waals surface area (Å²) in [6, 6.07) is 0. The van der Waals surface area contributed by atoms with Crippen molar-refractivity contribution in [3.63, 3.8) is 0 Å². The Bertz CT molecular complexity index is 561. The number of rotatable bonds is 5. The van der Waals surface area contributed by atoms with Crippen molar-refractivity contribution in [1.29, 1.82) is 0 Å². The molecule has 0 saturated carbocycles. The first kappa shape index (κ1) is 12.3. The molecule has 18 heavy (non-hydrogen) atoms. The Kier molecular flexibility index (Phi) is 3.42. The molecule has 0 aliphatic heterocycles. The van der Waals surface area contributed by atoms with E-state index in [1.807, 2.05) is 11.6 Å². The fraction of sp³-hybridized carbons (Fsp3) is 0.333. The first-order valence-electron chi connectivity index (χ1n) is 5.21. The van der Waals surface area contributed by atoms with Gasteiger partial charge < -0.3 is 21.4 Å². The number of carbonyl (C=O) groups excluding carboxylic acids is 1. The van der Waals surface area contributed by atoms with E-state index in [9.17, 15) is 4.79 Å². The lowest BCUT2D eigenvalue weighted by atomic mass is 10.3. The number of anilines is 2. The minimum atomic E-state index is -0.581. The SMILES string of the molecule is Cn1cnnc1CCNc1snc(N)c1C(N)=O. The molecule has 0 aromatic carbocycles. The molecule has 0 radical (unpaired) electrons. The minimum Gasteiger partial charge on any atom is -0.382 e. The smallest absolute Gasteiger partial charge is 0.255 e. The number of nitrogens with zero attached hydrogens (tertiary/aromatic N) is 4. The molecule has 0 atom stereocenters. The Balaban J connectivity index is 1.99. The third kappa shape index (κ3) is 2.40. The quantitative estimate of drug-likeness (QED) is 0.677. The molecule has 0 spiro atoms. The normalized spacial score (nSPS) is 10.5. The largest absolute Gasteiger partial charge is 0.382 e. The summed E-state index contributed by atoms with van der Waals surface area (Å²) in [5.74, 6) is 0.427. The molecule has 8 nitrogen and oxygen atoms in total. The molecule has 0 unspecified atom stereocenters. The molecule has 2 rings (SSSR count). The van der Waals surface area contributed by atoms with E-state index in [1.54, 1.807) is 6.33 Å². The van der Waals surface area contributed by atoms with E-state index < -0.39 is 5.91 Å². The third-order valence-electron chi connectivity index (χ3n) is 2.40. The van der Waals surface area contributed by atoms with Gasteiger partial charge in [0, 0.05) is 20.0 Å². The maximum absolute atomic E-state index is 11.2. The molecule has 0 aliphatic carbocycles. The Morgan fingerprint density at radius 1 is 1.61 bits per heavy atom. The number of amides is 1. The van der Waals surface area contributed by atoms with E-state index in [2.05, 4.69) is 19.9 Å². The molecular formula is C9H13N7OS. The van der Waals surface area contributed by atoms with Crippen LogP contribution in [0.4, 0.5) is 10.8 Å². The molecule has 5 N–H and O–H groups in total. The highest BCUT2D eigenvalue weighted by Crippen LogP contribution is 2.25. The zero-order chi connectivity index (χ0) is 13.1.